The molecular weight excluding hydrogens is 608 g/mol. The van der Waals surface area contributed by atoms with E-state index in [4.69, 9.17) is 9.47 Å². The Morgan fingerprint density at radius 2 is 1.80 bits per heavy atom. The number of hydrogen-bond acceptors (Lipinski definition) is 10. The summed E-state index contributed by atoms with van der Waals surface area (Å²) >= 11 is 0.789. The lowest BCUT2D eigenvalue weighted by Gasteiger charge is -2.19. The fourth-order valence-electron chi connectivity index (χ4n) is 4.85. The van der Waals surface area contributed by atoms with Gasteiger partial charge >= 0.3 is 5.97 Å². The van der Waals surface area contributed by atoms with Gasteiger partial charge in [-0.3, -0.25) is 9.59 Å². The van der Waals surface area contributed by atoms with Crippen LogP contribution < -0.4 is 15.0 Å². The quantitative estimate of drug-likeness (QED) is 0.114. The molecule has 12 nitrogen and oxygen atoms in total. The number of amides is 2. The highest BCUT2D eigenvalue weighted by Crippen LogP contribution is 2.36. The molecular formula is C33H32N6O6S. The van der Waals surface area contributed by atoms with Gasteiger partial charge in [-0.1, -0.05) is 42.0 Å². The van der Waals surface area contributed by atoms with Gasteiger partial charge in [-0.05, 0) is 72.7 Å². The van der Waals surface area contributed by atoms with Gasteiger partial charge in [-0.15, -0.1) is 5.10 Å². The third-order valence-electron chi connectivity index (χ3n) is 7.22. The number of phenols is 1. The summed E-state index contributed by atoms with van der Waals surface area (Å²) in [5.41, 5.74) is 3.63. The second kappa shape index (κ2) is 14.1. The second-order valence-corrected chi connectivity index (χ2v) is 11.3. The van der Waals surface area contributed by atoms with E-state index in [-0.39, 0.29) is 16.5 Å². The fourth-order valence-corrected chi connectivity index (χ4v) is 5.54. The van der Waals surface area contributed by atoms with Crippen molar-refractivity contribution in [2.24, 2.45) is 0 Å². The number of fused-ring (bicyclic) bond motifs is 1. The predicted octanol–water partition coefficient (Wildman–Crippen LogP) is 5.47. The first kappa shape index (κ1) is 32.0. The maximum atomic E-state index is 13.4. The summed E-state index contributed by atoms with van der Waals surface area (Å²) < 4.78 is 12.0. The minimum absolute atomic E-state index is 0.122. The van der Waals surface area contributed by atoms with E-state index < -0.39 is 17.1 Å². The topological polar surface area (TPSA) is 149 Å². The van der Waals surface area contributed by atoms with Crippen molar-refractivity contribution in [1.29, 1.82) is 0 Å². The second-order valence-electron chi connectivity index (χ2n) is 10.4. The lowest BCUT2D eigenvalue weighted by molar-refractivity contribution is 0.0600. The number of carbonyl (C=O) groups is 3. The van der Waals surface area contributed by atoms with Crippen molar-refractivity contribution in [2.45, 2.75) is 25.4 Å². The summed E-state index contributed by atoms with van der Waals surface area (Å²) in [7, 11) is 2.88. The van der Waals surface area contributed by atoms with Gasteiger partial charge in [-0.25, -0.2) is 4.79 Å². The summed E-state index contributed by atoms with van der Waals surface area (Å²) in [6.07, 6.45) is 0.585. The minimum Gasteiger partial charge on any atom is -0.506 e. The summed E-state index contributed by atoms with van der Waals surface area (Å²) in [6.45, 7) is 4.81. The molecule has 0 saturated heterocycles. The number of benzene rings is 4. The number of thioether (sulfide) groups is 1. The Bertz CT molecular complexity index is 1930. The summed E-state index contributed by atoms with van der Waals surface area (Å²) in [5, 5.41) is 26.3. The first-order valence-electron chi connectivity index (χ1n) is 14.3. The molecule has 0 radical (unpaired) electrons. The molecule has 1 heterocycles. The number of hydrogen-bond donors (Lipinski definition) is 2. The maximum absolute atomic E-state index is 13.4. The number of nitrogens with one attached hydrogen (secondary N) is 1. The van der Waals surface area contributed by atoms with Crippen molar-refractivity contribution in [3.05, 3.63) is 95.1 Å². The molecule has 5 aromatic rings. The number of methoxy groups -OCH3 is 1. The van der Waals surface area contributed by atoms with Crippen LogP contribution in [0, 0.1) is 13.8 Å². The van der Waals surface area contributed by atoms with Gasteiger partial charge < -0.3 is 24.8 Å². The number of aromatic nitrogens is 4. The number of tetrazole rings is 1. The van der Waals surface area contributed by atoms with Crippen molar-refractivity contribution in [1.82, 2.24) is 25.5 Å². The van der Waals surface area contributed by atoms with Crippen LogP contribution in [0.3, 0.4) is 0 Å². The first-order valence-corrected chi connectivity index (χ1v) is 15.1. The van der Waals surface area contributed by atoms with Crippen molar-refractivity contribution >= 4 is 45.3 Å². The van der Waals surface area contributed by atoms with Crippen LogP contribution in [-0.4, -0.2) is 69.7 Å². The Hall–Kier alpha value is -5.43. The number of ether oxygens (including phenoxy) is 2. The van der Waals surface area contributed by atoms with Crippen LogP contribution in [-0.2, 0) is 4.74 Å². The number of phenolic OH excluding ortho intramolecular Hbond substituents is 1. The van der Waals surface area contributed by atoms with Crippen LogP contribution in [0.15, 0.2) is 78.0 Å². The van der Waals surface area contributed by atoms with Gasteiger partial charge in [0.1, 0.15) is 11.5 Å². The van der Waals surface area contributed by atoms with Gasteiger partial charge in [-0.2, -0.15) is 4.68 Å². The molecule has 4 aromatic carbocycles. The molecule has 2 N–H and O–H groups in total. The number of esters is 1. The van der Waals surface area contributed by atoms with Gasteiger partial charge in [0, 0.05) is 36.1 Å². The molecule has 5 rings (SSSR count). The van der Waals surface area contributed by atoms with Crippen LogP contribution >= 0.6 is 11.8 Å². The fraction of sp³-hybridized carbons (Fsp3) is 0.212. The van der Waals surface area contributed by atoms with Crippen LogP contribution in [0.5, 0.6) is 11.5 Å². The standard InChI is InChI=1S/C33H32N6O6S/c1-20-12-15-28(21(2)18-20)45-17-7-16-34-30(41)26-14-13-24-25(29(26)40)10-6-11-27(24)38(3)33(43)46-32-35-36-37-39(32)23-9-5-8-22(19-23)31(42)44-4/h5-6,8-15,18-19,40H,7,16-17H2,1-4H3,(H,34,41). The van der Waals surface area contributed by atoms with E-state index in [9.17, 15) is 19.5 Å². The minimum atomic E-state index is -0.515. The Labute approximate surface area is 269 Å². The number of anilines is 1. The van der Waals surface area contributed by atoms with Gasteiger partial charge in [0.2, 0.25) is 5.16 Å². The van der Waals surface area contributed by atoms with E-state index in [1.165, 1.54) is 22.8 Å². The number of nitrogens with zero attached hydrogens (tertiary/aromatic N) is 5. The third-order valence-corrected chi connectivity index (χ3v) is 8.10. The SMILES string of the molecule is COC(=O)c1cccc(-n2nnnc2SC(=O)N(C)c2cccc3c(O)c(C(=O)NCCCOc4ccc(C)cc4C)ccc23)c1. The molecule has 2 amide bonds. The molecule has 236 valence electrons. The maximum Gasteiger partial charge on any atom is 0.337 e. The Kier molecular flexibility index (Phi) is 9.82. The molecule has 46 heavy (non-hydrogen) atoms. The van der Waals surface area contributed by atoms with E-state index in [1.807, 2.05) is 26.0 Å². The highest BCUT2D eigenvalue weighted by atomic mass is 32.2. The van der Waals surface area contributed by atoms with Crippen LogP contribution in [0.25, 0.3) is 16.5 Å². The van der Waals surface area contributed by atoms with E-state index in [0.717, 1.165) is 28.6 Å². The summed E-state index contributed by atoms with van der Waals surface area (Å²) in [6, 6.07) is 20.8. The van der Waals surface area contributed by atoms with Crippen molar-refractivity contribution < 1.29 is 29.0 Å². The summed E-state index contributed by atoms with van der Waals surface area (Å²) in [4.78, 5) is 39.7. The zero-order valence-corrected chi connectivity index (χ0v) is 26.5. The lowest BCUT2D eigenvalue weighted by atomic mass is 10.0. The van der Waals surface area contributed by atoms with Gasteiger partial charge in [0.05, 0.1) is 36.2 Å². The van der Waals surface area contributed by atoms with E-state index in [0.29, 0.717) is 47.3 Å². The molecule has 0 unspecified atom stereocenters. The molecule has 0 atom stereocenters. The molecule has 0 fully saturated rings. The number of aromatic hydroxyl groups is 1. The zero-order valence-electron chi connectivity index (χ0n) is 25.7. The Morgan fingerprint density at radius 1 is 1.00 bits per heavy atom. The molecule has 0 aliphatic rings. The molecule has 1 aromatic heterocycles. The Balaban J connectivity index is 1.25. The molecule has 0 spiro atoms. The highest BCUT2D eigenvalue weighted by Gasteiger charge is 2.22. The van der Waals surface area contributed by atoms with Crippen molar-refractivity contribution in [3.63, 3.8) is 0 Å². The number of aryl methyl sites for hydroxylation is 2. The predicted molar refractivity (Wildman–Crippen MR) is 174 cm³/mol. The average molecular weight is 641 g/mol. The van der Waals surface area contributed by atoms with E-state index >= 15 is 0 Å². The molecule has 0 bridgehead atoms. The van der Waals surface area contributed by atoms with Crippen LogP contribution in [0.1, 0.15) is 38.3 Å². The van der Waals surface area contributed by atoms with Gasteiger partial charge in [0.25, 0.3) is 11.1 Å². The van der Waals surface area contributed by atoms with Crippen LogP contribution in [0.4, 0.5) is 10.5 Å². The van der Waals surface area contributed by atoms with Crippen LogP contribution in [0.2, 0.25) is 0 Å². The van der Waals surface area contributed by atoms with Gasteiger partial charge in [0.15, 0.2) is 0 Å². The molecule has 0 aliphatic heterocycles. The normalized spacial score (nSPS) is 10.9. The largest absolute Gasteiger partial charge is 0.506 e. The van der Waals surface area contributed by atoms with Crippen molar-refractivity contribution in [2.75, 3.05) is 32.2 Å². The molecule has 0 saturated carbocycles. The number of rotatable bonds is 10. The average Bonchev–Trinajstić information content (AvgIpc) is 3.52. The molecule has 13 heteroatoms. The first-order chi connectivity index (χ1) is 22.2. The highest BCUT2D eigenvalue weighted by molar-refractivity contribution is 8.13. The van der Waals surface area contributed by atoms with E-state index in [1.54, 1.807) is 55.6 Å². The zero-order chi connectivity index (χ0) is 32.8. The third kappa shape index (κ3) is 6.94. The van der Waals surface area contributed by atoms with E-state index in [2.05, 4.69) is 26.9 Å². The Morgan fingerprint density at radius 3 is 2.59 bits per heavy atom. The summed E-state index contributed by atoms with van der Waals surface area (Å²) in [5.74, 6) is -0.310. The monoisotopic (exact) mass is 640 g/mol. The van der Waals surface area contributed by atoms with Crippen molar-refractivity contribution in [3.8, 4) is 17.2 Å². The number of carbonyl (C=O) groups excluding carboxylic acids is 3. The lowest BCUT2D eigenvalue weighted by Crippen LogP contribution is -2.26. The molecule has 0 aliphatic carbocycles. The smallest absolute Gasteiger partial charge is 0.337 e.